The normalized spacial score (nSPS) is 18.6. The van der Waals surface area contributed by atoms with Gasteiger partial charge in [0.1, 0.15) is 0 Å². The number of aromatic hydroxyl groups is 1. The molecule has 1 unspecified atom stereocenters. The minimum Gasteiger partial charge on any atom is -0.503 e. The summed E-state index contributed by atoms with van der Waals surface area (Å²) in [5.74, 6) is -6.75. The molecule has 0 spiro atoms. The Morgan fingerprint density at radius 3 is 2.79 bits per heavy atom. The molecule has 0 saturated carbocycles. The number of carbonyl (C=O) groups is 1. The summed E-state index contributed by atoms with van der Waals surface area (Å²) in [5, 5.41) is 14.6. The smallest absolute Gasteiger partial charge is 0.254 e. The molecule has 3 N–H and O–H groups in total. The van der Waals surface area contributed by atoms with E-state index in [0.29, 0.717) is 12.6 Å². The Bertz CT molecular complexity index is 502. The summed E-state index contributed by atoms with van der Waals surface area (Å²) in [6, 6.07) is 0.437. The molecule has 1 fully saturated rings. The van der Waals surface area contributed by atoms with E-state index in [4.69, 9.17) is 5.11 Å². The molecule has 4 nitrogen and oxygen atoms in total. The number of benzene rings is 1. The Morgan fingerprint density at radius 1 is 1.42 bits per heavy atom. The Kier molecular flexibility index (Phi) is 3.94. The van der Waals surface area contributed by atoms with E-state index in [2.05, 4.69) is 10.6 Å². The van der Waals surface area contributed by atoms with E-state index >= 15 is 0 Å². The fourth-order valence-corrected chi connectivity index (χ4v) is 1.98. The molecule has 19 heavy (non-hydrogen) atoms. The quantitative estimate of drug-likeness (QED) is 0.725. The molecule has 1 aromatic carbocycles. The van der Waals surface area contributed by atoms with Gasteiger partial charge in [-0.2, -0.15) is 4.39 Å². The molecule has 1 aromatic rings. The van der Waals surface area contributed by atoms with Gasteiger partial charge in [-0.3, -0.25) is 4.79 Å². The van der Waals surface area contributed by atoms with Crippen LogP contribution < -0.4 is 10.6 Å². The van der Waals surface area contributed by atoms with Crippen molar-refractivity contribution >= 4 is 5.91 Å². The second-order valence-corrected chi connectivity index (χ2v) is 4.45. The first kappa shape index (κ1) is 13.7. The number of amides is 1. The fourth-order valence-electron chi connectivity index (χ4n) is 1.98. The van der Waals surface area contributed by atoms with Crippen LogP contribution in [0, 0.1) is 23.4 Å². The van der Waals surface area contributed by atoms with Crippen LogP contribution in [0.25, 0.3) is 0 Å². The maximum absolute atomic E-state index is 13.5. The molecular formula is C12H13F3N2O2. The lowest BCUT2D eigenvalue weighted by atomic mass is 10.1. The van der Waals surface area contributed by atoms with E-state index in [1.165, 1.54) is 0 Å². The number of hydrogen-bond donors (Lipinski definition) is 3. The summed E-state index contributed by atoms with van der Waals surface area (Å²) in [5.41, 5.74) is -0.706. The van der Waals surface area contributed by atoms with Crippen LogP contribution in [0.5, 0.6) is 5.75 Å². The van der Waals surface area contributed by atoms with Gasteiger partial charge in [-0.25, -0.2) is 8.78 Å². The molecule has 1 heterocycles. The lowest BCUT2D eigenvalue weighted by molar-refractivity contribution is 0.0942. The highest BCUT2D eigenvalue weighted by Gasteiger charge is 2.23. The van der Waals surface area contributed by atoms with Crippen molar-refractivity contribution in [3.8, 4) is 5.75 Å². The van der Waals surface area contributed by atoms with E-state index in [1.807, 2.05) is 0 Å². The molecule has 0 radical (unpaired) electrons. The minimum atomic E-state index is -1.70. The monoisotopic (exact) mass is 274 g/mol. The standard InChI is InChI=1S/C12H13F3N2O2/c13-8-3-7(9(14)11(18)10(8)15)12(19)17-5-6-1-2-16-4-6/h3,6,16,18H,1-2,4-5H2,(H,17,19). The highest BCUT2D eigenvalue weighted by atomic mass is 19.2. The van der Waals surface area contributed by atoms with Crippen LogP contribution in [0.4, 0.5) is 13.2 Å². The van der Waals surface area contributed by atoms with Crippen molar-refractivity contribution in [1.82, 2.24) is 10.6 Å². The van der Waals surface area contributed by atoms with Crippen LogP contribution in [0.2, 0.25) is 0 Å². The molecule has 1 saturated heterocycles. The van der Waals surface area contributed by atoms with Gasteiger partial charge < -0.3 is 15.7 Å². The molecule has 1 aliphatic heterocycles. The van der Waals surface area contributed by atoms with Crippen molar-refractivity contribution in [1.29, 1.82) is 0 Å². The molecule has 1 aliphatic rings. The Balaban J connectivity index is 2.10. The van der Waals surface area contributed by atoms with Crippen LogP contribution in [0.3, 0.4) is 0 Å². The molecule has 0 aromatic heterocycles. The van der Waals surface area contributed by atoms with Gasteiger partial charge in [-0.15, -0.1) is 0 Å². The first-order valence-corrected chi connectivity index (χ1v) is 5.86. The highest BCUT2D eigenvalue weighted by molar-refractivity contribution is 5.94. The van der Waals surface area contributed by atoms with Crippen LogP contribution in [0.15, 0.2) is 6.07 Å². The van der Waals surface area contributed by atoms with Crippen LogP contribution in [-0.2, 0) is 0 Å². The third kappa shape index (κ3) is 2.81. The highest BCUT2D eigenvalue weighted by Crippen LogP contribution is 2.25. The molecular weight excluding hydrogens is 261 g/mol. The minimum absolute atomic E-state index is 0.228. The van der Waals surface area contributed by atoms with Gasteiger partial charge in [0, 0.05) is 6.54 Å². The molecule has 1 amide bonds. The van der Waals surface area contributed by atoms with E-state index in [-0.39, 0.29) is 5.92 Å². The van der Waals surface area contributed by atoms with Crippen molar-refractivity contribution < 1.29 is 23.1 Å². The van der Waals surface area contributed by atoms with Crippen LogP contribution in [0.1, 0.15) is 16.8 Å². The SMILES string of the molecule is O=C(NCC1CCNC1)c1cc(F)c(F)c(O)c1F. The van der Waals surface area contributed by atoms with Crippen molar-refractivity contribution in [3.63, 3.8) is 0 Å². The van der Waals surface area contributed by atoms with Crippen molar-refractivity contribution in [2.24, 2.45) is 5.92 Å². The second-order valence-electron chi connectivity index (χ2n) is 4.45. The van der Waals surface area contributed by atoms with E-state index < -0.39 is 34.7 Å². The average Bonchev–Trinajstić information content (AvgIpc) is 2.91. The van der Waals surface area contributed by atoms with E-state index in [1.54, 1.807) is 0 Å². The topological polar surface area (TPSA) is 61.4 Å². The first-order valence-electron chi connectivity index (χ1n) is 5.86. The Morgan fingerprint density at radius 2 is 2.16 bits per heavy atom. The maximum atomic E-state index is 13.5. The number of halogens is 3. The zero-order chi connectivity index (χ0) is 14.0. The predicted molar refractivity (Wildman–Crippen MR) is 61.3 cm³/mol. The Hall–Kier alpha value is -1.76. The summed E-state index contributed by atoms with van der Waals surface area (Å²) < 4.78 is 39.4. The van der Waals surface area contributed by atoms with Gasteiger partial charge in [0.05, 0.1) is 5.56 Å². The van der Waals surface area contributed by atoms with Crippen molar-refractivity contribution in [2.45, 2.75) is 6.42 Å². The molecule has 7 heteroatoms. The van der Waals surface area contributed by atoms with Crippen molar-refractivity contribution in [3.05, 3.63) is 29.1 Å². The first-order chi connectivity index (χ1) is 9.00. The van der Waals surface area contributed by atoms with Gasteiger partial charge in [0.2, 0.25) is 5.82 Å². The fraction of sp³-hybridized carbons (Fsp3) is 0.417. The van der Waals surface area contributed by atoms with E-state index in [0.717, 1.165) is 19.5 Å². The number of nitrogens with one attached hydrogen (secondary N) is 2. The van der Waals surface area contributed by atoms with Gasteiger partial charge in [0.25, 0.3) is 5.91 Å². The van der Waals surface area contributed by atoms with Gasteiger partial charge in [0.15, 0.2) is 17.4 Å². The summed E-state index contributed by atoms with van der Waals surface area (Å²) in [7, 11) is 0. The molecule has 2 rings (SSSR count). The number of hydrogen-bond acceptors (Lipinski definition) is 3. The summed E-state index contributed by atoms with van der Waals surface area (Å²) in [6.07, 6.45) is 0.881. The summed E-state index contributed by atoms with van der Waals surface area (Å²) in [6.45, 7) is 1.90. The lowest BCUT2D eigenvalue weighted by Crippen LogP contribution is -2.31. The maximum Gasteiger partial charge on any atom is 0.254 e. The molecule has 0 aliphatic carbocycles. The largest absolute Gasteiger partial charge is 0.503 e. The zero-order valence-electron chi connectivity index (χ0n) is 9.97. The number of phenolic OH excluding ortho intramolecular Hbond substituents is 1. The second kappa shape index (κ2) is 5.48. The molecule has 1 atom stereocenters. The van der Waals surface area contributed by atoms with Crippen molar-refractivity contribution in [2.75, 3.05) is 19.6 Å². The summed E-state index contributed by atoms with van der Waals surface area (Å²) >= 11 is 0. The molecule has 104 valence electrons. The third-order valence-corrected chi connectivity index (χ3v) is 3.09. The number of phenols is 1. The Labute approximate surface area is 107 Å². The number of rotatable bonds is 3. The van der Waals surface area contributed by atoms with Gasteiger partial charge in [-0.1, -0.05) is 0 Å². The van der Waals surface area contributed by atoms with Crippen LogP contribution >= 0.6 is 0 Å². The number of carbonyl (C=O) groups excluding carboxylic acids is 1. The summed E-state index contributed by atoms with van der Waals surface area (Å²) in [4.78, 5) is 11.7. The van der Waals surface area contributed by atoms with Crippen LogP contribution in [-0.4, -0.2) is 30.6 Å². The molecule has 0 bridgehead atoms. The lowest BCUT2D eigenvalue weighted by Gasteiger charge is -2.11. The average molecular weight is 274 g/mol. The van der Waals surface area contributed by atoms with E-state index in [9.17, 15) is 18.0 Å². The van der Waals surface area contributed by atoms with Gasteiger partial charge >= 0.3 is 0 Å². The predicted octanol–water partition coefficient (Wildman–Crippen LogP) is 1.15. The third-order valence-electron chi connectivity index (χ3n) is 3.09. The van der Waals surface area contributed by atoms with Gasteiger partial charge in [-0.05, 0) is 31.5 Å². The zero-order valence-corrected chi connectivity index (χ0v) is 9.97.